The molecule has 100 valence electrons. The first-order valence-electron chi connectivity index (χ1n) is 5.67. The summed E-state index contributed by atoms with van der Waals surface area (Å²) in [5.41, 5.74) is 1.31. The molecule has 2 aromatic rings. The minimum atomic E-state index is -2.85. The lowest BCUT2D eigenvalue weighted by Gasteiger charge is -2.12. The maximum atomic E-state index is 12.7. The number of benzene rings is 2. The predicted octanol–water partition coefficient (Wildman–Crippen LogP) is 4.04. The van der Waals surface area contributed by atoms with E-state index in [0.717, 1.165) is 0 Å². The molecule has 0 aliphatic carbocycles. The van der Waals surface area contributed by atoms with Crippen LogP contribution in [0.2, 0.25) is 0 Å². The highest BCUT2D eigenvalue weighted by atomic mass is 19.3. The second kappa shape index (κ2) is 6.13. The lowest BCUT2D eigenvalue weighted by Crippen LogP contribution is -2.07. The summed E-state index contributed by atoms with van der Waals surface area (Å²) >= 11 is 0. The molecular formula is C14H12F3NO. The van der Waals surface area contributed by atoms with Crippen molar-refractivity contribution in [1.82, 2.24) is 0 Å². The minimum absolute atomic E-state index is 0.132. The Morgan fingerprint density at radius 2 is 1.68 bits per heavy atom. The highest BCUT2D eigenvalue weighted by molar-refractivity contribution is 5.45. The van der Waals surface area contributed by atoms with Crippen molar-refractivity contribution in [2.24, 2.45) is 0 Å². The smallest absolute Gasteiger partial charge is 0.387 e. The molecule has 0 saturated carbocycles. The summed E-state index contributed by atoms with van der Waals surface area (Å²) in [6.07, 6.45) is 0. The zero-order chi connectivity index (χ0) is 13.7. The first kappa shape index (κ1) is 13.3. The van der Waals surface area contributed by atoms with Crippen LogP contribution >= 0.6 is 0 Å². The van der Waals surface area contributed by atoms with Gasteiger partial charge in [-0.3, -0.25) is 0 Å². The van der Waals surface area contributed by atoms with E-state index >= 15 is 0 Å². The molecule has 2 aromatic carbocycles. The third kappa shape index (κ3) is 3.91. The Labute approximate surface area is 108 Å². The number of hydrogen-bond donors (Lipinski definition) is 1. The van der Waals surface area contributed by atoms with E-state index in [0.29, 0.717) is 17.8 Å². The molecule has 0 amide bonds. The second-order valence-corrected chi connectivity index (χ2v) is 3.85. The Kier molecular flexibility index (Phi) is 4.28. The number of rotatable bonds is 5. The van der Waals surface area contributed by atoms with E-state index < -0.39 is 6.61 Å². The molecule has 0 fully saturated rings. The van der Waals surface area contributed by atoms with Gasteiger partial charge in [0.25, 0.3) is 0 Å². The molecular weight excluding hydrogens is 255 g/mol. The van der Waals surface area contributed by atoms with Crippen LogP contribution in [-0.4, -0.2) is 6.61 Å². The summed E-state index contributed by atoms with van der Waals surface area (Å²) in [5, 5.41) is 3.01. The van der Waals surface area contributed by atoms with E-state index in [2.05, 4.69) is 10.1 Å². The van der Waals surface area contributed by atoms with Crippen molar-refractivity contribution in [3.8, 4) is 5.75 Å². The van der Waals surface area contributed by atoms with E-state index in [-0.39, 0.29) is 11.6 Å². The maximum absolute atomic E-state index is 12.7. The van der Waals surface area contributed by atoms with Gasteiger partial charge in [-0.25, -0.2) is 4.39 Å². The number of para-hydroxylation sites is 1. The topological polar surface area (TPSA) is 21.3 Å². The van der Waals surface area contributed by atoms with Gasteiger partial charge < -0.3 is 10.1 Å². The van der Waals surface area contributed by atoms with Crippen LogP contribution in [0.5, 0.6) is 5.75 Å². The number of alkyl halides is 2. The van der Waals surface area contributed by atoms with Crippen molar-refractivity contribution in [1.29, 1.82) is 0 Å². The minimum Gasteiger partial charge on any atom is -0.434 e. The molecule has 1 N–H and O–H groups in total. The summed E-state index contributed by atoms with van der Waals surface area (Å²) in [5.74, 6) is -0.195. The van der Waals surface area contributed by atoms with E-state index in [1.807, 2.05) is 0 Å². The Morgan fingerprint density at radius 1 is 1.00 bits per heavy atom. The van der Waals surface area contributed by atoms with Crippen molar-refractivity contribution < 1.29 is 17.9 Å². The number of nitrogens with one attached hydrogen (secondary N) is 1. The molecule has 0 aliphatic rings. The largest absolute Gasteiger partial charge is 0.434 e. The fourth-order valence-corrected chi connectivity index (χ4v) is 1.63. The van der Waals surface area contributed by atoms with Crippen LogP contribution in [0.3, 0.4) is 0 Å². The van der Waals surface area contributed by atoms with Gasteiger partial charge in [0.2, 0.25) is 0 Å². The van der Waals surface area contributed by atoms with Crippen LogP contribution < -0.4 is 10.1 Å². The van der Waals surface area contributed by atoms with Gasteiger partial charge in [0.15, 0.2) is 0 Å². The van der Waals surface area contributed by atoms with Gasteiger partial charge in [-0.1, -0.05) is 18.2 Å². The average Bonchev–Trinajstić information content (AvgIpc) is 2.39. The Balaban J connectivity index is 2.04. The van der Waals surface area contributed by atoms with Gasteiger partial charge in [0, 0.05) is 17.8 Å². The van der Waals surface area contributed by atoms with Crippen molar-refractivity contribution in [2.45, 2.75) is 13.2 Å². The van der Waals surface area contributed by atoms with Gasteiger partial charge >= 0.3 is 6.61 Å². The molecule has 0 saturated heterocycles. The zero-order valence-electron chi connectivity index (χ0n) is 9.95. The van der Waals surface area contributed by atoms with Crippen molar-refractivity contribution in [3.05, 3.63) is 59.9 Å². The first-order chi connectivity index (χ1) is 9.15. The van der Waals surface area contributed by atoms with E-state index in [9.17, 15) is 13.2 Å². The summed E-state index contributed by atoms with van der Waals surface area (Å²) in [6, 6.07) is 12.3. The second-order valence-electron chi connectivity index (χ2n) is 3.85. The van der Waals surface area contributed by atoms with Crippen molar-refractivity contribution in [3.63, 3.8) is 0 Å². The Bertz CT molecular complexity index is 528. The monoisotopic (exact) mass is 267 g/mol. The van der Waals surface area contributed by atoms with Crippen molar-refractivity contribution >= 4 is 5.69 Å². The van der Waals surface area contributed by atoms with Gasteiger partial charge in [0.05, 0.1) is 0 Å². The highest BCUT2D eigenvalue weighted by Gasteiger charge is 2.08. The highest BCUT2D eigenvalue weighted by Crippen LogP contribution is 2.21. The van der Waals surface area contributed by atoms with Gasteiger partial charge in [-0.05, 0) is 30.3 Å². The average molecular weight is 267 g/mol. The summed E-state index contributed by atoms with van der Waals surface area (Å²) in [7, 11) is 0. The fourth-order valence-electron chi connectivity index (χ4n) is 1.63. The number of halogens is 3. The predicted molar refractivity (Wildman–Crippen MR) is 66.8 cm³/mol. The molecule has 19 heavy (non-hydrogen) atoms. The van der Waals surface area contributed by atoms with Crippen LogP contribution in [0.15, 0.2) is 48.5 Å². The normalized spacial score (nSPS) is 10.5. The van der Waals surface area contributed by atoms with Crippen molar-refractivity contribution in [2.75, 3.05) is 5.32 Å². The zero-order valence-corrected chi connectivity index (χ0v) is 9.95. The SMILES string of the molecule is Fc1ccc(NCc2ccccc2OC(F)F)cc1. The maximum Gasteiger partial charge on any atom is 0.387 e. The standard InChI is InChI=1S/C14H12F3NO/c15-11-5-7-12(8-6-11)18-9-10-3-1-2-4-13(10)19-14(16)17/h1-8,14,18H,9H2. The molecule has 0 aromatic heterocycles. The van der Waals surface area contributed by atoms with E-state index in [1.165, 1.54) is 18.2 Å². The number of anilines is 1. The summed E-state index contributed by atoms with van der Waals surface area (Å²) in [4.78, 5) is 0. The third-order valence-corrected chi connectivity index (χ3v) is 2.52. The van der Waals surface area contributed by atoms with Gasteiger partial charge in [-0.2, -0.15) is 8.78 Å². The van der Waals surface area contributed by atoms with Crippen LogP contribution in [-0.2, 0) is 6.54 Å². The van der Waals surface area contributed by atoms with Gasteiger partial charge in [0.1, 0.15) is 11.6 Å². The first-order valence-corrected chi connectivity index (χ1v) is 5.67. The molecule has 0 radical (unpaired) electrons. The Hall–Kier alpha value is -2.17. The van der Waals surface area contributed by atoms with Gasteiger partial charge in [-0.15, -0.1) is 0 Å². The fraction of sp³-hybridized carbons (Fsp3) is 0.143. The molecule has 0 heterocycles. The molecule has 2 rings (SSSR count). The lowest BCUT2D eigenvalue weighted by molar-refractivity contribution is -0.0504. The lowest BCUT2D eigenvalue weighted by atomic mass is 10.2. The quantitative estimate of drug-likeness (QED) is 0.882. The van der Waals surface area contributed by atoms with Crippen LogP contribution in [0, 0.1) is 5.82 Å². The number of hydrogen-bond acceptors (Lipinski definition) is 2. The third-order valence-electron chi connectivity index (χ3n) is 2.52. The Morgan fingerprint density at radius 3 is 2.37 bits per heavy atom. The molecule has 0 bridgehead atoms. The summed E-state index contributed by atoms with van der Waals surface area (Å²) < 4.78 is 41.6. The van der Waals surface area contributed by atoms with Crippen LogP contribution in [0.1, 0.15) is 5.56 Å². The summed E-state index contributed by atoms with van der Waals surface area (Å²) in [6.45, 7) is -2.54. The molecule has 0 aliphatic heterocycles. The molecule has 5 heteroatoms. The van der Waals surface area contributed by atoms with Crippen LogP contribution in [0.25, 0.3) is 0 Å². The van der Waals surface area contributed by atoms with E-state index in [1.54, 1.807) is 30.3 Å². The number of ether oxygens (including phenoxy) is 1. The molecule has 2 nitrogen and oxygen atoms in total. The molecule has 0 atom stereocenters. The van der Waals surface area contributed by atoms with E-state index in [4.69, 9.17) is 0 Å². The molecule has 0 spiro atoms. The molecule has 0 unspecified atom stereocenters. The van der Waals surface area contributed by atoms with Crippen LogP contribution in [0.4, 0.5) is 18.9 Å².